The minimum Gasteiger partial charge on any atom is -0.377 e. The number of benzene rings is 2. The lowest BCUT2D eigenvalue weighted by Gasteiger charge is -2.26. The molecule has 1 aliphatic heterocycles. The van der Waals surface area contributed by atoms with Crippen LogP contribution >= 0.6 is 0 Å². The van der Waals surface area contributed by atoms with Crippen LogP contribution in [0.2, 0.25) is 0 Å². The Labute approximate surface area is 130 Å². The normalized spacial score (nSPS) is 23.2. The molecule has 0 radical (unpaired) electrons. The second-order valence-electron chi connectivity index (χ2n) is 5.88. The van der Waals surface area contributed by atoms with Gasteiger partial charge in [0.25, 0.3) is 0 Å². The van der Waals surface area contributed by atoms with Crippen LogP contribution in [0, 0.1) is 0 Å². The van der Waals surface area contributed by atoms with E-state index in [1.165, 1.54) is 0 Å². The van der Waals surface area contributed by atoms with Crippen LogP contribution in [-0.2, 0) is 12.0 Å². The molecule has 0 spiro atoms. The van der Waals surface area contributed by atoms with Gasteiger partial charge in [-0.05, 0) is 5.56 Å². The maximum absolute atomic E-state index is 11.6. The highest BCUT2D eigenvalue weighted by Crippen LogP contribution is 2.41. The van der Waals surface area contributed by atoms with Gasteiger partial charge in [-0.25, -0.2) is 0 Å². The number of rotatable bonds is 2. The van der Waals surface area contributed by atoms with E-state index in [0.717, 1.165) is 16.8 Å². The molecule has 1 aromatic heterocycles. The Kier molecular flexibility index (Phi) is 3.05. The number of fused-ring (bicyclic) bond motifs is 1. The molecule has 2 aromatic carbocycles. The van der Waals surface area contributed by atoms with E-state index in [1.807, 2.05) is 60.7 Å². The predicted molar refractivity (Wildman–Crippen MR) is 85.3 cm³/mol. The van der Waals surface area contributed by atoms with Crippen molar-refractivity contribution < 1.29 is 9.67 Å². The lowest BCUT2D eigenvalue weighted by atomic mass is 9.82. The Hall–Kier alpha value is -2.45. The van der Waals surface area contributed by atoms with Crippen molar-refractivity contribution in [1.29, 1.82) is 0 Å². The molecule has 1 N–H and O–H groups in total. The smallest absolute Gasteiger partial charge is 0.216 e. The number of hydrogen-bond acceptors (Lipinski definition) is 1. The van der Waals surface area contributed by atoms with Gasteiger partial charge in [0, 0.05) is 17.7 Å². The molecule has 2 heteroatoms. The molecule has 0 amide bonds. The average molecular weight is 288 g/mol. The van der Waals surface area contributed by atoms with Crippen molar-refractivity contribution in [3.8, 4) is 0 Å². The molecule has 0 saturated carbocycles. The molecule has 4 rings (SSSR count). The number of hydrogen-bond donors (Lipinski definition) is 1. The highest BCUT2D eigenvalue weighted by atomic mass is 16.3. The third-order valence-electron chi connectivity index (χ3n) is 4.55. The van der Waals surface area contributed by atoms with Gasteiger partial charge in [-0.15, -0.1) is 0 Å². The van der Waals surface area contributed by atoms with Gasteiger partial charge in [0.2, 0.25) is 6.04 Å². The van der Waals surface area contributed by atoms with Crippen molar-refractivity contribution >= 4 is 0 Å². The van der Waals surface area contributed by atoms with Gasteiger partial charge in [0.15, 0.2) is 17.5 Å². The van der Waals surface area contributed by atoms with Crippen LogP contribution in [0.4, 0.5) is 0 Å². The Morgan fingerprint density at radius 2 is 1.45 bits per heavy atom. The van der Waals surface area contributed by atoms with Crippen molar-refractivity contribution in [1.82, 2.24) is 0 Å². The molecule has 2 atom stereocenters. The minimum absolute atomic E-state index is 0.104. The van der Waals surface area contributed by atoms with Gasteiger partial charge >= 0.3 is 0 Å². The topological polar surface area (TPSA) is 24.1 Å². The van der Waals surface area contributed by atoms with Crippen LogP contribution < -0.4 is 4.57 Å². The van der Waals surface area contributed by atoms with Crippen LogP contribution in [0.3, 0.4) is 0 Å². The molecule has 2 nitrogen and oxygen atoms in total. The summed E-state index contributed by atoms with van der Waals surface area (Å²) in [4.78, 5) is 0. The van der Waals surface area contributed by atoms with Gasteiger partial charge in [0.05, 0.1) is 6.42 Å². The van der Waals surface area contributed by atoms with E-state index in [1.54, 1.807) is 0 Å². The fraction of sp³-hybridized carbons (Fsp3) is 0.150. The average Bonchev–Trinajstić information content (AvgIpc) is 2.90. The second kappa shape index (κ2) is 5.08. The maximum Gasteiger partial charge on any atom is 0.216 e. The standard InChI is InChI=1S/C20H18NO/c22-20(17-11-5-2-6-12-17)15-18-13-7-8-14-21(18)19(20)16-9-3-1-4-10-16/h1-14,19,22H,15H2/q+1/t19-,20+/m1/s1. The third kappa shape index (κ3) is 1.96. The van der Waals surface area contributed by atoms with E-state index < -0.39 is 5.60 Å². The summed E-state index contributed by atoms with van der Waals surface area (Å²) in [6.07, 6.45) is 2.69. The highest BCUT2D eigenvalue weighted by molar-refractivity contribution is 5.32. The first-order valence-corrected chi connectivity index (χ1v) is 7.61. The zero-order chi connectivity index (χ0) is 15.0. The molecule has 1 aliphatic rings. The van der Waals surface area contributed by atoms with Crippen LogP contribution in [0.25, 0.3) is 0 Å². The lowest BCUT2D eigenvalue weighted by Crippen LogP contribution is -2.46. The minimum atomic E-state index is -0.920. The summed E-state index contributed by atoms with van der Waals surface area (Å²) in [5, 5.41) is 11.6. The quantitative estimate of drug-likeness (QED) is 0.720. The van der Waals surface area contributed by atoms with Crippen molar-refractivity contribution in [2.24, 2.45) is 0 Å². The molecular weight excluding hydrogens is 270 g/mol. The molecule has 22 heavy (non-hydrogen) atoms. The molecule has 0 aliphatic carbocycles. The number of aliphatic hydroxyl groups is 1. The Morgan fingerprint density at radius 3 is 2.18 bits per heavy atom. The zero-order valence-corrected chi connectivity index (χ0v) is 12.3. The van der Waals surface area contributed by atoms with Crippen molar-refractivity contribution in [3.63, 3.8) is 0 Å². The highest BCUT2D eigenvalue weighted by Gasteiger charge is 2.53. The van der Waals surface area contributed by atoms with E-state index >= 15 is 0 Å². The molecule has 2 heterocycles. The summed E-state index contributed by atoms with van der Waals surface area (Å²) in [5.41, 5.74) is 2.33. The van der Waals surface area contributed by atoms with E-state index in [-0.39, 0.29) is 6.04 Å². The number of pyridine rings is 1. The largest absolute Gasteiger partial charge is 0.377 e. The first-order chi connectivity index (χ1) is 10.8. The van der Waals surface area contributed by atoms with Gasteiger partial charge in [-0.2, -0.15) is 4.57 Å². The zero-order valence-electron chi connectivity index (χ0n) is 12.3. The van der Waals surface area contributed by atoms with Gasteiger partial charge in [-0.3, -0.25) is 0 Å². The Morgan fingerprint density at radius 1 is 0.818 bits per heavy atom. The Balaban J connectivity index is 1.93. The molecular formula is C20H18NO+. The maximum atomic E-state index is 11.6. The molecule has 0 fully saturated rings. The summed E-state index contributed by atoms with van der Waals surface area (Å²) in [6, 6.07) is 26.3. The van der Waals surface area contributed by atoms with Crippen molar-refractivity contribution in [2.75, 3.05) is 0 Å². The van der Waals surface area contributed by atoms with Crippen LogP contribution in [0.1, 0.15) is 22.9 Å². The van der Waals surface area contributed by atoms with E-state index in [9.17, 15) is 5.11 Å². The lowest BCUT2D eigenvalue weighted by molar-refractivity contribution is -0.717. The van der Waals surface area contributed by atoms with Gasteiger partial charge in [-0.1, -0.05) is 66.7 Å². The first-order valence-electron chi connectivity index (χ1n) is 7.61. The molecule has 0 bridgehead atoms. The molecule has 0 unspecified atom stereocenters. The van der Waals surface area contributed by atoms with E-state index in [0.29, 0.717) is 6.42 Å². The van der Waals surface area contributed by atoms with Gasteiger partial charge in [0.1, 0.15) is 0 Å². The molecule has 0 saturated heterocycles. The summed E-state index contributed by atoms with van der Waals surface area (Å²) < 4.78 is 2.20. The van der Waals surface area contributed by atoms with Crippen molar-refractivity contribution in [3.05, 3.63) is 102 Å². The fourth-order valence-corrected chi connectivity index (χ4v) is 3.55. The fourth-order valence-electron chi connectivity index (χ4n) is 3.55. The summed E-state index contributed by atoms with van der Waals surface area (Å²) in [6.45, 7) is 0. The summed E-state index contributed by atoms with van der Waals surface area (Å²) in [7, 11) is 0. The van der Waals surface area contributed by atoms with E-state index in [2.05, 4.69) is 29.0 Å². The van der Waals surface area contributed by atoms with Crippen LogP contribution in [0.5, 0.6) is 0 Å². The SMILES string of the molecule is O[C@]1(c2ccccc2)Cc2cccc[n+]2[C@@H]1c1ccccc1. The number of nitrogens with zero attached hydrogens (tertiary/aromatic N) is 1. The third-order valence-corrected chi connectivity index (χ3v) is 4.55. The van der Waals surface area contributed by atoms with Crippen molar-refractivity contribution in [2.45, 2.75) is 18.1 Å². The monoisotopic (exact) mass is 288 g/mol. The number of aromatic nitrogens is 1. The van der Waals surface area contributed by atoms with Gasteiger partial charge < -0.3 is 5.11 Å². The first kappa shape index (κ1) is 13.2. The summed E-state index contributed by atoms with van der Waals surface area (Å²) in [5.74, 6) is 0. The predicted octanol–water partition coefficient (Wildman–Crippen LogP) is 3.01. The molecule has 3 aromatic rings. The van der Waals surface area contributed by atoms with Crippen LogP contribution in [-0.4, -0.2) is 5.11 Å². The second-order valence-corrected chi connectivity index (χ2v) is 5.88. The Bertz CT molecular complexity index is 785. The van der Waals surface area contributed by atoms with E-state index in [4.69, 9.17) is 0 Å². The van der Waals surface area contributed by atoms with Crippen LogP contribution in [0.15, 0.2) is 85.1 Å². The molecule has 108 valence electrons. The summed E-state index contributed by atoms with van der Waals surface area (Å²) >= 11 is 0.